The van der Waals surface area contributed by atoms with E-state index in [0.717, 1.165) is 56.1 Å². The number of rotatable bonds is 5. The SMILES string of the molecule is CC(C)c1cccc(C(C)C)c1-n1c(-c2[c-]ccc3c2oc2ccccc23)nc2ncc(C(C)(C)C)cc21.[2H]C([2H])([2H])c1c[c-]c(-c2ccc(C)cn2)c(F)c1.[Ir]. The van der Waals surface area contributed by atoms with Gasteiger partial charge >= 0.3 is 0 Å². The molecule has 0 unspecified atom stereocenters. The topological polar surface area (TPSA) is 56.7 Å². The van der Waals surface area contributed by atoms with Crippen LogP contribution in [0.4, 0.5) is 4.39 Å². The first kappa shape index (κ1) is 34.8. The fourth-order valence-electron chi connectivity index (χ4n) is 6.67. The molecule has 0 amide bonds. The van der Waals surface area contributed by atoms with Crippen molar-refractivity contribution in [2.45, 2.75) is 79.5 Å². The Kier molecular flexibility index (Phi) is 9.92. The molecule has 4 heterocycles. The smallest absolute Gasteiger partial charge is 0.168 e. The molecule has 0 aliphatic rings. The van der Waals surface area contributed by atoms with E-state index in [9.17, 15) is 4.39 Å². The average Bonchev–Trinajstić information content (AvgIpc) is 3.73. The molecule has 0 bridgehead atoms. The van der Waals surface area contributed by atoms with Gasteiger partial charge in [0.25, 0.3) is 0 Å². The van der Waals surface area contributed by atoms with Crippen LogP contribution in [0.1, 0.15) is 92.2 Å². The number of nitrogens with zero attached hydrogens (tertiary/aromatic N) is 4. The van der Waals surface area contributed by atoms with Gasteiger partial charge in [0.15, 0.2) is 5.65 Å². The molecule has 8 aromatic rings. The summed E-state index contributed by atoms with van der Waals surface area (Å²) in [5.74, 6) is 0.843. The molecule has 0 spiro atoms. The zero-order chi connectivity index (χ0) is 40.1. The maximum atomic E-state index is 13.8. The number of para-hydroxylation sites is 2. The molecule has 1 radical (unpaired) electrons. The number of benzene rings is 4. The summed E-state index contributed by atoms with van der Waals surface area (Å²) in [7, 11) is 0. The predicted molar refractivity (Wildman–Crippen MR) is 215 cm³/mol. The number of halogens is 1. The van der Waals surface area contributed by atoms with E-state index < -0.39 is 12.7 Å². The van der Waals surface area contributed by atoms with Gasteiger partial charge in [-0.05, 0) is 64.3 Å². The van der Waals surface area contributed by atoms with E-state index in [-0.39, 0.29) is 36.6 Å². The van der Waals surface area contributed by atoms with Crippen LogP contribution in [0.25, 0.3) is 61.4 Å². The fraction of sp³-hybridized carbons (Fsp3) is 0.255. The number of pyridine rings is 2. The summed E-state index contributed by atoms with van der Waals surface area (Å²) in [6.07, 6.45) is 3.59. The van der Waals surface area contributed by atoms with E-state index in [0.29, 0.717) is 17.5 Å². The molecule has 0 aliphatic carbocycles. The number of furan rings is 1. The first-order valence-electron chi connectivity index (χ1n) is 19.5. The minimum atomic E-state index is -2.32. The van der Waals surface area contributed by atoms with Gasteiger partial charge in [-0.3, -0.25) is 9.37 Å². The molecule has 4 aromatic heterocycles. The molecule has 54 heavy (non-hydrogen) atoms. The fourth-order valence-corrected chi connectivity index (χ4v) is 6.67. The van der Waals surface area contributed by atoms with Gasteiger partial charge < -0.3 is 14.0 Å². The quantitative estimate of drug-likeness (QED) is 0.162. The summed E-state index contributed by atoms with van der Waals surface area (Å²) < 4.78 is 44.2. The van der Waals surface area contributed by atoms with Crippen molar-refractivity contribution < 1.29 is 33.0 Å². The summed E-state index contributed by atoms with van der Waals surface area (Å²) in [5, 5.41) is 2.16. The third kappa shape index (κ3) is 7.40. The summed E-state index contributed by atoms with van der Waals surface area (Å²) in [4.78, 5) is 14.1. The summed E-state index contributed by atoms with van der Waals surface area (Å²) >= 11 is 0. The van der Waals surface area contributed by atoms with Gasteiger partial charge in [-0.15, -0.1) is 42.0 Å². The van der Waals surface area contributed by atoms with Gasteiger partial charge in [-0.1, -0.05) is 120 Å². The van der Waals surface area contributed by atoms with Crippen LogP contribution in [0.5, 0.6) is 0 Å². The van der Waals surface area contributed by atoms with Crippen molar-refractivity contribution in [3.63, 3.8) is 0 Å². The van der Waals surface area contributed by atoms with E-state index in [4.69, 9.17) is 18.5 Å². The number of imidazole rings is 1. The molecule has 5 nitrogen and oxygen atoms in total. The Morgan fingerprint density at radius 1 is 0.815 bits per heavy atom. The molecule has 7 heteroatoms. The van der Waals surface area contributed by atoms with Gasteiger partial charge in [0.05, 0.1) is 16.9 Å². The molecule has 0 N–H and O–H groups in total. The number of hydrogen-bond donors (Lipinski definition) is 0. The van der Waals surface area contributed by atoms with Crippen LogP contribution in [-0.2, 0) is 25.5 Å². The van der Waals surface area contributed by atoms with Crippen molar-refractivity contribution in [3.05, 3.63) is 143 Å². The summed E-state index contributed by atoms with van der Waals surface area (Å²) in [6.45, 7) is 15.3. The minimum Gasteiger partial charge on any atom is -0.501 e. The number of aryl methyl sites for hydroxylation is 2. The Labute approximate surface area is 335 Å². The van der Waals surface area contributed by atoms with E-state index in [1.807, 2.05) is 37.4 Å². The third-order valence-electron chi connectivity index (χ3n) is 9.57. The van der Waals surface area contributed by atoms with Crippen LogP contribution in [0.15, 0.2) is 102 Å². The molecular weight excluding hydrogens is 848 g/mol. The molecule has 0 aliphatic heterocycles. The Hall–Kier alpha value is -4.97. The van der Waals surface area contributed by atoms with Gasteiger partial charge in [0.2, 0.25) is 0 Å². The van der Waals surface area contributed by atoms with Crippen LogP contribution in [0.3, 0.4) is 0 Å². The molecule has 0 fully saturated rings. The zero-order valence-corrected chi connectivity index (χ0v) is 34.2. The second-order valence-corrected chi connectivity index (χ2v) is 15.2. The first-order valence-corrected chi connectivity index (χ1v) is 18.0. The van der Waals surface area contributed by atoms with E-state index >= 15 is 0 Å². The Morgan fingerprint density at radius 3 is 2.20 bits per heavy atom. The zero-order valence-electron chi connectivity index (χ0n) is 34.8. The van der Waals surface area contributed by atoms with Crippen molar-refractivity contribution in [1.82, 2.24) is 19.5 Å². The van der Waals surface area contributed by atoms with Crippen molar-refractivity contribution in [2.24, 2.45) is 0 Å². The number of hydrogen-bond acceptors (Lipinski definition) is 4. The third-order valence-corrected chi connectivity index (χ3v) is 9.57. The summed E-state index contributed by atoms with van der Waals surface area (Å²) in [5.41, 5.74) is 10.7. The maximum absolute atomic E-state index is 13.8. The normalized spacial score (nSPS) is 12.8. The van der Waals surface area contributed by atoms with Crippen LogP contribution in [-0.4, -0.2) is 19.5 Å². The Bertz CT molecular complexity index is 2680. The first-order chi connectivity index (χ1) is 26.5. The number of fused-ring (bicyclic) bond motifs is 4. The Balaban J connectivity index is 0.000000244. The molecule has 8 rings (SSSR count). The van der Waals surface area contributed by atoms with Crippen molar-refractivity contribution in [1.29, 1.82) is 0 Å². The van der Waals surface area contributed by atoms with Crippen LogP contribution >= 0.6 is 0 Å². The maximum Gasteiger partial charge on any atom is 0.168 e. The molecule has 0 saturated carbocycles. The second-order valence-electron chi connectivity index (χ2n) is 15.2. The van der Waals surface area contributed by atoms with E-state index in [1.165, 1.54) is 28.4 Å². The van der Waals surface area contributed by atoms with Crippen LogP contribution in [0, 0.1) is 31.7 Å². The molecule has 4 aromatic carbocycles. The largest absolute Gasteiger partial charge is 0.501 e. The van der Waals surface area contributed by atoms with Crippen molar-refractivity contribution in [3.8, 4) is 28.3 Å². The van der Waals surface area contributed by atoms with Gasteiger partial charge in [0.1, 0.15) is 5.58 Å². The average molecular weight is 896 g/mol. The molecule has 0 atom stereocenters. The van der Waals surface area contributed by atoms with Crippen LogP contribution < -0.4 is 0 Å². The van der Waals surface area contributed by atoms with E-state index in [1.54, 1.807) is 12.3 Å². The number of aromatic nitrogens is 4. The van der Waals surface area contributed by atoms with Gasteiger partial charge in [-0.2, -0.15) is 0 Å². The van der Waals surface area contributed by atoms with Gasteiger partial charge in [-0.25, -0.2) is 4.98 Å². The standard InChI is InChI=1S/C34H34N3O.C13H11FN.Ir/c1-20(2)23-13-10-14-24(21(3)4)30(23)37-28-18-22(34(5,6)7)19-35-32(28)36-33(37)27-16-11-15-26-25-12-8-9-17-29(25)38-31(26)27;1-9-3-5-11(12(14)7-9)13-6-4-10(2)8-15-13;/h8-15,17-21H,1-7H3;3-4,6-8H,1-2H3;/q2*-1;/i;1D3;. The molecular formula is C47H45FIrN4O-2. The summed E-state index contributed by atoms with van der Waals surface area (Å²) in [6, 6.07) is 33.1. The monoisotopic (exact) mass is 896 g/mol. The molecule has 277 valence electrons. The minimum absolute atomic E-state index is 0. The predicted octanol–water partition coefficient (Wildman–Crippen LogP) is 12.6. The Morgan fingerprint density at radius 2 is 1.56 bits per heavy atom. The van der Waals surface area contributed by atoms with E-state index in [2.05, 4.69) is 113 Å². The van der Waals surface area contributed by atoms with Crippen molar-refractivity contribution >= 4 is 33.1 Å². The van der Waals surface area contributed by atoms with Crippen molar-refractivity contribution in [2.75, 3.05) is 0 Å². The second kappa shape index (κ2) is 15.4. The van der Waals surface area contributed by atoms with Crippen LogP contribution in [0.2, 0.25) is 0 Å². The molecule has 0 saturated heterocycles. The van der Waals surface area contributed by atoms with Gasteiger partial charge in [0, 0.05) is 53.5 Å².